The molecule has 0 fully saturated rings. The van der Waals surface area contributed by atoms with Crippen molar-refractivity contribution in [1.82, 2.24) is 10.2 Å². The van der Waals surface area contributed by atoms with E-state index in [0.717, 1.165) is 15.6 Å². The normalized spacial score (nSPS) is 12.3. The average Bonchev–Trinajstić information content (AvgIpc) is 2.63. The zero-order chi connectivity index (χ0) is 20.7. The van der Waals surface area contributed by atoms with Crippen molar-refractivity contribution in [3.05, 3.63) is 70.2 Å². The van der Waals surface area contributed by atoms with Crippen LogP contribution in [0.5, 0.6) is 0 Å². The van der Waals surface area contributed by atoms with Crippen LogP contribution < -0.4 is 5.32 Å². The van der Waals surface area contributed by atoms with Gasteiger partial charge in [-0.15, -0.1) is 0 Å². The highest BCUT2D eigenvalue weighted by Gasteiger charge is 2.31. The second-order valence-electron chi connectivity index (χ2n) is 7.95. The first-order valence-corrected chi connectivity index (χ1v) is 10.4. The summed E-state index contributed by atoms with van der Waals surface area (Å²) < 4.78 is 0.952. The SMILES string of the molecule is CCC(=O)N(Cc1cccc(Br)c1)[C@H](Cc1ccccc1)C(=O)NC(C)(C)C. The van der Waals surface area contributed by atoms with Gasteiger partial charge in [0.15, 0.2) is 0 Å². The molecule has 2 aromatic carbocycles. The number of hydrogen-bond donors (Lipinski definition) is 1. The monoisotopic (exact) mass is 444 g/mol. The van der Waals surface area contributed by atoms with Crippen LogP contribution in [0.25, 0.3) is 0 Å². The summed E-state index contributed by atoms with van der Waals surface area (Å²) in [4.78, 5) is 27.7. The van der Waals surface area contributed by atoms with Crippen molar-refractivity contribution in [2.24, 2.45) is 0 Å². The van der Waals surface area contributed by atoms with Gasteiger partial charge >= 0.3 is 0 Å². The molecule has 0 aliphatic rings. The number of rotatable bonds is 7. The third-order valence-corrected chi connectivity index (χ3v) is 4.81. The van der Waals surface area contributed by atoms with E-state index in [-0.39, 0.29) is 17.4 Å². The second-order valence-corrected chi connectivity index (χ2v) is 8.87. The van der Waals surface area contributed by atoms with E-state index in [2.05, 4.69) is 21.2 Å². The number of benzene rings is 2. The van der Waals surface area contributed by atoms with E-state index in [1.165, 1.54) is 0 Å². The van der Waals surface area contributed by atoms with Gasteiger partial charge in [0.25, 0.3) is 0 Å². The van der Waals surface area contributed by atoms with Crippen LogP contribution in [0.15, 0.2) is 59.1 Å². The molecule has 2 aromatic rings. The summed E-state index contributed by atoms with van der Waals surface area (Å²) in [6, 6.07) is 17.1. The van der Waals surface area contributed by atoms with E-state index >= 15 is 0 Å². The van der Waals surface area contributed by atoms with Gasteiger partial charge in [-0.1, -0.05) is 65.3 Å². The van der Waals surface area contributed by atoms with Crippen molar-refractivity contribution in [2.45, 2.75) is 58.7 Å². The van der Waals surface area contributed by atoms with Crippen LogP contribution in [0.1, 0.15) is 45.2 Å². The summed E-state index contributed by atoms with van der Waals surface area (Å²) in [6.45, 7) is 8.07. The Bertz CT molecular complexity index is 800. The molecule has 0 saturated carbocycles. The molecule has 0 unspecified atom stereocenters. The quantitative estimate of drug-likeness (QED) is 0.671. The third kappa shape index (κ3) is 6.79. The highest BCUT2D eigenvalue weighted by Crippen LogP contribution is 2.19. The molecular weight excluding hydrogens is 416 g/mol. The zero-order valence-electron chi connectivity index (χ0n) is 17.0. The molecule has 2 rings (SSSR count). The molecule has 0 radical (unpaired) electrons. The molecule has 0 saturated heterocycles. The molecule has 28 heavy (non-hydrogen) atoms. The van der Waals surface area contributed by atoms with Crippen LogP contribution in [-0.2, 0) is 22.6 Å². The molecule has 5 heteroatoms. The molecule has 1 N–H and O–H groups in total. The lowest BCUT2D eigenvalue weighted by atomic mass is 10.0. The summed E-state index contributed by atoms with van der Waals surface area (Å²) in [5, 5.41) is 3.05. The highest BCUT2D eigenvalue weighted by atomic mass is 79.9. The minimum atomic E-state index is -0.576. The van der Waals surface area contributed by atoms with E-state index in [9.17, 15) is 9.59 Å². The van der Waals surface area contributed by atoms with Gasteiger partial charge in [-0.25, -0.2) is 0 Å². The molecule has 2 amide bonds. The summed E-state index contributed by atoms with van der Waals surface area (Å²) in [5.74, 6) is -0.168. The maximum absolute atomic E-state index is 13.2. The minimum Gasteiger partial charge on any atom is -0.350 e. The fourth-order valence-corrected chi connectivity index (χ4v) is 3.49. The largest absolute Gasteiger partial charge is 0.350 e. The van der Waals surface area contributed by atoms with Crippen molar-refractivity contribution < 1.29 is 9.59 Å². The van der Waals surface area contributed by atoms with Gasteiger partial charge in [-0.05, 0) is 44.0 Å². The zero-order valence-corrected chi connectivity index (χ0v) is 18.6. The molecule has 1 atom stereocenters. The topological polar surface area (TPSA) is 49.4 Å². The van der Waals surface area contributed by atoms with Gasteiger partial charge in [-0.3, -0.25) is 9.59 Å². The fourth-order valence-electron chi connectivity index (χ4n) is 3.04. The third-order valence-electron chi connectivity index (χ3n) is 4.31. The molecular formula is C23H29BrN2O2. The lowest BCUT2D eigenvalue weighted by Gasteiger charge is -2.33. The van der Waals surface area contributed by atoms with Crippen LogP contribution in [0.2, 0.25) is 0 Å². The maximum Gasteiger partial charge on any atom is 0.243 e. The Morgan fingerprint density at radius 1 is 1.04 bits per heavy atom. The first kappa shape index (κ1) is 22.2. The molecule has 0 aliphatic carbocycles. The predicted molar refractivity (Wildman–Crippen MR) is 117 cm³/mol. The van der Waals surface area contributed by atoms with Gasteiger partial charge in [0.2, 0.25) is 11.8 Å². The van der Waals surface area contributed by atoms with Crippen molar-refractivity contribution in [1.29, 1.82) is 0 Å². The second kappa shape index (κ2) is 9.87. The first-order valence-electron chi connectivity index (χ1n) is 9.59. The Morgan fingerprint density at radius 2 is 1.68 bits per heavy atom. The Hall–Kier alpha value is -2.14. The van der Waals surface area contributed by atoms with Crippen molar-refractivity contribution in [3.63, 3.8) is 0 Å². The molecule has 0 bridgehead atoms. The van der Waals surface area contributed by atoms with Gasteiger partial charge < -0.3 is 10.2 Å². The van der Waals surface area contributed by atoms with E-state index in [1.807, 2.05) is 82.3 Å². The molecule has 0 aliphatic heterocycles. The van der Waals surface area contributed by atoms with Crippen LogP contribution in [-0.4, -0.2) is 28.3 Å². The van der Waals surface area contributed by atoms with E-state index < -0.39 is 6.04 Å². The Kier molecular flexibility index (Phi) is 7.81. The van der Waals surface area contributed by atoms with E-state index in [1.54, 1.807) is 4.90 Å². The van der Waals surface area contributed by atoms with Crippen molar-refractivity contribution >= 4 is 27.7 Å². The number of carbonyl (C=O) groups is 2. The van der Waals surface area contributed by atoms with E-state index in [4.69, 9.17) is 0 Å². The van der Waals surface area contributed by atoms with Crippen LogP contribution >= 0.6 is 15.9 Å². The number of nitrogens with zero attached hydrogens (tertiary/aromatic N) is 1. The summed E-state index contributed by atoms with van der Waals surface area (Å²) >= 11 is 3.48. The lowest BCUT2D eigenvalue weighted by Crippen LogP contribution is -2.54. The van der Waals surface area contributed by atoms with Crippen LogP contribution in [0.3, 0.4) is 0 Å². The number of carbonyl (C=O) groups excluding carboxylic acids is 2. The highest BCUT2D eigenvalue weighted by molar-refractivity contribution is 9.10. The molecule has 150 valence electrons. The van der Waals surface area contributed by atoms with Crippen molar-refractivity contribution in [3.8, 4) is 0 Å². The Morgan fingerprint density at radius 3 is 2.25 bits per heavy atom. The van der Waals surface area contributed by atoms with Gasteiger partial charge in [0, 0.05) is 29.4 Å². The summed E-state index contributed by atoms with van der Waals surface area (Å²) in [6.07, 6.45) is 0.824. The number of halogens is 1. The Labute approximate surface area is 176 Å². The number of amides is 2. The Balaban J connectivity index is 2.38. The van der Waals surface area contributed by atoms with E-state index in [0.29, 0.717) is 19.4 Å². The number of nitrogens with one attached hydrogen (secondary N) is 1. The lowest BCUT2D eigenvalue weighted by molar-refractivity contribution is -0.141. The minimum absolute atomic E-state index is 0.0371. The smallest absolute Gasteiger partial charge is 0.243 e. The molecule has 4 nitrogen and oxygen atoms in total. The van der Waals surface area contributed by atoms with Gasteiger partial charge in [0.05, 0.1) is 0 Å². The fraction of sp³-hybridized carbons (Fsp3) is 0.391. The molecule has 0 heterocycles. The summed E-state index contributed by atoms with van der Waals surface area (Å²) in [5.41, 5.74) is 1.64. The van der Waals surface area contributed by atoms with Crippen LogP contribution in [0, 0.1) is 0 Å². The summed E-state index contributed by atoms with van der Waals surface area (Å²) in [7, 11) is 0. The van der Waals surface area contributed by atoms with Gasteiger partial charge in [0.1, 0.15) is 6.04 Å². The molecule has 0 spiro atoms. The maximum atomic E-state index is 13.2. The van der Waals surface area contributed by atoms with Gasteiger partial charge in [-0.2, -0.15) is 0 Å². The standard InChI is InChI=1S/C23H29BrN2O2/c1-5-21(27)26(16-18-12-9-13-19(24)14-18)20(22(28)25-23(2,3)4)15-17-10-7-6-8-11-17/h6-14,20H,5,15-16H2,1-4H3,(H,25,28)/t20-/m1/s1. The first-order chi connectivity index (χ1) is 13.2. The predicted octanol–water partition coefficient (Wildman–Crippen LogP) is 4.71. The van der Waals surface area contributed by atoms with Crippen molar-refractivity contribution in [2.75, 3.05) is 0 Å². The number of hydrogen-bond acceptors (Lipinski definition) is 2. The molecule has 0 aromatic heterocycles. The van der Waals surface area contributed by atoms with Crippen LogP contribution in [0.4, 0.5) is 0 Å². The average molecular weight is 445 g/mol.